The molecule has 0 spiro atoms. The predicted molar refractivity (Wildman–Crippen MR) is 137 cm³/mol. The number of pyridine rings is 1. The average Bonchev–Trinajstić information content (AvgIpc) is 2.86. The summed E-state index contributed by atoms with van der Waals surface area (Å²) in [7, 11) is 0. The van der Waals surface area contributed by atoms with E-state index in [-0.39, 0.29) is 23.0 Å². The second kappa shape index (κ2) is 10.5. The molecule has 2 heterocycles. The number of carbonyl (C=O) groups excluding carboxylic acids is 1. The number of esters is 1. The Hall–Kier alpha value is -3.05. The van der Waals surface area contributed by atoms with Crippen molar-refractivity contribution in [3.05, 3.63) is 106 Å². The van der Waals surface area contributed by atoms with Gasteiger partial charge in [0.2, 0.25) is 0 Å². The molecule has 0 saturated heterocycles. The molecule has 1 aliphatic heterocycles. The SMILES string of the molecule is CC(C)CCC1(c2ccccc2)CC(O)=C(Sc2ccc(C(C)c3cccnc3)cc2)C(=O)O1. The van der Waals surface area contributed by atoms with Crippen LogP contribution in [0.15, 0.2) is 94.7 Å². The van der Waals surface area contributed by atoms with Crippen LogP contribution in [-0.4, -0.2) is 16.1 Å². The number of thioether (sulfide) groups is 1. The number of aromatic nitrogens is 1. The highest BCUT2D eigenvalue weighted by Gasteiger charge is 2.43. The molecule has 0 radical (unpaired) electrons. The van der Waals surface area contributed by atoms with Crippen molar-refractivity contribution < 1.29 is 14.6 Å². The Morgan fingerprint density at radius 1 is 1.00 bits per heavy atom. The Morgan fingerprint density at radius 3 is 2.35 bits per heavy atom. The summed E-state index contributed by atoms with van der Waals surface area (Å²) in [4.78, 5) is 18.5. The van der Waals surface area contributed by atoms with Gasteiger partial charge in [-0.15, -0.1) is 0 Å². The molecule has 5 heteroatoms. The largest absolute Gasteiger partial charge is 0.511 e. The van der Waals surface area contributed by atoms with Crippen LogP contribution in [0.5, 0.6) is 0 Å². The van der Waals surface area contributed by atoms with Crippen LogP contribution in [0.1, 0.15) is 62.6 Å². The Balaban J connectivity index is 1.55. The van der Waals surface area contributed by atoms with Crippen molar-refractivity contribution in [2.45, 2.75) is 56.4 Å². The Labute approximate surface area is 206 Å². The zero-order valence-electron chi connectivity index (χ0n) is 19.9. The van der Waals surface area contributed by atoms with E-state index >= 15 is 0 Å². The zero-order valence-corrected chi connectivity index (χ0v) is 20.7. The minimum atomic E-state index is -0.834. The lowest BCUT2D eigenvalue weighted by molar-refractivity contribution is -0.160. The molecule has 1 aliphatic rings. The fraction of sp³-hybridized carbons (Fsp3) is 0.310. The molecule has 1 N–H and O–H groups in total. The van der Waals surface area contributed by atoms with E-state index in [0.29, 0.717) is 12.3 Å². The maximum absolute atomic E-state index is 13.1. The van der Waals surface area contributed by atoms with Crippen LogP contribution < -0.4 is 0 Å². The summed E-state index contributed by atoms with van der Waals surface area (Å²) in [5, 5.41) is 11.0. The molecular weight excluding hydrogens is 442 g/mol. The molecule has 4 rings (SSSR count). The van der Waals surface area contributed by atoms with Gasteiger partial charge in [0.1, 0.15) is 16.3 Å². The van der Waals surface area contributed by atoms with E-state index < -0.39 is 11.6 Å². The van der Waals surface area contributed by atoms with Gasteiger partial charge in [-0.05, 0) is 53.6 Å². The summed E-state index contributed by atoms with van der Waals surface area (Å²) < 4.78 is 6.10. The third kappa shape index (κ3) is 5.36. The van der Waals surface area contributed by atoms with Gasteiger partial charge in [0, 0.05) is 23.2 Å². The molecule has 0 aliphatic carbocycles. The van der Waals surface area contributed by atoms with Crippen LogP contribution in [0.25, 0.3) is 0 Å². The highest BCUT2D eigenvalue weighted by atomic mass is 32.2. The second-order valence-electron chi connectivity index (χ2n) is 9.31. The molecule has 0 fully saturated rings. The summed E-state index contributed by atoms with van der Waals surface area (Å²) in [6.45, 7) is 6.45. The third-order valence-corrected chi connectivity index (χ3v) is 7.51. The van der Waals surface area contributed by atoms with Crippen molar-refractivity contribution >= 4 is 17.7 Å². The molecular formula is C29H31NO3S. The average molecular weight is 474 g/mol. The van der Waals surface area contributed by atoms with Gasteiger partial charge in [0.25, 0.3) is 0 Å². The summed E-state index contributed by atoms with van der Waals surface area (Å²) in [6, 6.07) is 21.9. The van der Waals surface area contributed by atoms with Crippen LogP contribution >= 0.6 is 11.8 Å². The van der Waals surface area contributed by atoms with E-state index in [1.807, 2.05) is 54.7 Å². The molecule has 2 atom stereocenters. The standard InChI is InChI=1S/C29H31NO3S/c1-20(2)15-16-29(24-9-5-4-6-10-24)18-26(31)27(28(32)33-29)34-25-13-11-22(12-14-25)21(3)23-8-7-17-30-19-23/h4-14,17,19-21,31H,15-16,18H2,1-3H3. The molecule has 2 unspecified atom stereocenters. The topological polar surface area (TPSA) is 59.4 Å². The van der Waals surface area contributed by atoms with Crippen LogP contribution in [0.2, 0.25) is 0 Å². The Morgan fingerprint density at radius 2 is 1.74 bits per heavy atom. The first-order valence-electron chi connectivity index (χ1n) is 11.8. The molecule has 176 valence electrons. The van der Waals surface area contributed by atoms with Gasteiger partial charge in [-0.2, -0.15) is 0 Å². The van der Waals surface area contributed by atoms with Crippen LogP contribution in [0.4, 0.5) is 0 Å². The predicted octanol–water partition coefficient (Wildman–Crippen LogP) is 7.37. The summed E-state index contributed by atoms with van der Waals surface area (Å²) in [6.07, 6.45) is 5.51. The van der Waals surface area contributed by atoms with Crippen molar-refractivity contribution in [3.63, 3.8) is 0 Å². The summed E-state index contributed by atoms with van der Waals surface area (Å²) >= 11 is 1.26. The minimum Gasteiger partial charge on any atom is -0.511 e. The molecule has 0 saturated carbocycles. The highest BCUT2D eigenvalue weighted by Crippen LogP contribution is 2.45. The van der Waals surface area contributed by atoms with Crippen LogP contribution in [0, 0.1) is 5.92 Å². The second-order valence-corrected chi connectivity index (χ2v) is 10.4. The van der Waals surface area contributed by atoms with E-state index in [1.54, 1.807) is 6.20 Å². The van der Waals surface area contributed by atoms with E-state index in [0.717, 1.165) is 22.4 Å². The number of aliphatic hydroxyl groups excluding tert-OH is 1. The maximum atomic E-state index is 13.1. The van der Waals surface area contributed by atoms with Crippen molar-refractivity contribution in [1.29, 1.82) is 0 Å². The fourth-order valence-electron chi connectivity index (χ4n) is 4.30. The van der Waals surface area contributed by atoms with E-state index in [2.05, 4.69) is 44.0 Å². The number of cyclic esters (lactones) is 1. The highest BCUT2D eigenvalue weighted by molar-refractivity contribution is 8.04. The lowest BCUT2D eigenvalue weighted by Crippen LogP contribution is -2.37. The van der Waals surface area contributed by atoms with E-state index in [9.17, 15) is 9.90 Å². The van der Waals surface area contributed by atoms with Crippen molar-refractivity contribution in [1.82, 2.24) is 4.98 Å². The van der Waals surface area contributed by atoms with Crippen molar-refractivity contribution in [2.75, 3.05) is 0 Å². The van der Waals surface area contributed by atoms with Gasteiger partial charge in [-0.1, -0.05) is 81.1 Å². The summed E-state index contributed by atoms with van der Waals surface area (Å²) in [5.41, 5.74) is 2.41. The monoisotopic (exact) mass is 473 g/mol. The third-order valence-electron chi connectivity index (χ3n) is 6.40. The summed E-state index contributed by atoms with van der Waals surface area (Å²) in [5.74, 6) is 0.317. The van der Waals surface area contributed by atoms with Crippen molar-refractivity contribution in [3.8, 4) is 0 Å². The first kappa shape index (κ1) is 24.1. The van der Waals surface area contributed by atoms with Gasteiger partial charge in [0.15, 0.2) is 0 Å². The van der Waals surface area contributed by atoms with E-state index in [1.165, 1.54) is 17.3 Å². The lowest BCUT2D eigenvalue weighted by Gasteiger charge is -2.38. The van der Waals surface area contributed by atoms with Gasteiger partial charge >= 0.3 is 5.97 Å². The lowest BCUT2D eigenvalue weighted by atomic mass is 9.82. The molecule has 4 nitrogen and oxygen atoms in total. The number of hydrogen-bond acceptors (Lipinski definition) is 5. The minimum absolute atomic E-state index is 0.0988. The van der Waals surface area contributed by atoms with E-state index in [4.69, 9.17) is 4.74 Å². The number of aliphatic hydroxyl groups is 1. The first-order valence-corrected chi connectivity index (χ1v) is 12.6. The number of rotatable bonds is 8. The Kier molecular flexibility index (Phi) is 7.42. The van der Waals surface area contributed by atoms with Gasteiger partial charge in [0.05, 0.1) is 6.42 Å². The molecule has 1 aromatic heterocycles. The molecule has 3 aromatic rings. The quantitative estimate of drug-likeness (QED) is 0.346. The normalized spacial score (nSPS) is 19.2. The molecule has 0 bridgehead atoms. The molecule has 0 amide bonds. The maximum Gasteiger partial charge on any atom is 0.349 e. The molecule has 2 aromatic carbocycles. The number of hydrogen-bond donors (Lipinski definition) is 1. The van der Waals surface area contributed by atoms with Gasteiger partial charge in [-0.25, -0.2) is 4.79 Å². The molecule has 34 heavy (non-hydrogen) atoms. The van der Waals surface area contributed by atoms with Crippen LogP contribution in [0.3, 0.4) is 0 Å². The number of benzene rings is 2. The Bertz CT molecular complexity index is 1140. The van der Waals surface area contributed by atoms with Crippen molar-refractivity contribution in [2.24, 2.45) is 5.92 Å². The first-order chi connectivity index (χ1) is 16.4. The number of ether oxygens (including phenoxy) is 1. The fourth-order valence-corrected chi connectivity index (χ4v) is 5.13. The van der Waals surface area contributed by atoms with Gasteiger partial charge in [-0.3, -0.25) is 4.98 Å². The zero-order chi connectivity index (χ0) is 24.1. The smallest absolute Gasteiger partial charge is 0.349 e. The van der Waals surface area contributed by atoms with Gasteiger partial charge < -0.3 is 9.84 Å². The van der Waals surface area contributed by atoms with Crippen LogP contribution in [-0.2, 0) is 15.1 Å². The number of nitrogens with zero attached hydrogens (tertiary/aromatic N) is 1. The number of carbonyl (C=O) groups is 1.